The average molecular weight is 285 g/mol. The van der Waals surface area contributed by atoms with Crippen LogP contribution in [0.5, 0.6) is 0 Å². The highest BCUT2D eigenvalue weighted by Crippen LogP contribution is 2.31. The van der Waals surface area contributed by atoms with E-state index in [1.807, 2.05) is 0 Å². The minimum Gasteiger partial charge on any atom is -0.465 e. The molecule has 7 heteroatoms. The number of carbonyl (C=O) groups is 1. The van der Waals surface area contributed by atoms with Crippen LogP contribution in [0.1, 0.15) is 25.5 Å². The molecule has 1 aromatic rings. The first-order valence-electron chi connectivity index (χ1n) is 5.70. The molecule has 0 radical (unpaired) electrons. The lowest BCUT2D eigenvalue weighted by atomic mass is 10.1. The maximum Gasteiger partial charge on any atom is 0.316 e. The molecule has 0 aliphatic rings. The van der Waals surface area contributed by atoms with Crippen molar-refractivity contribution < 1.29 is 19.6 Å². The number of hydrogen-bond acceptors (Lipinski definition) is 6. The Kier molecular flexibility index (Phi) is 5.78. The van der Waals surface area contributed by atoms with Crippen LogP contribution in [0.3, 0.4) is 0 Å². The van der Waals surface area contributed by atoms with Crippen molar-refractivity contribution in [2.45, 2.75) is 24.8 Å². The van der Waals surface area contributed by atoms with Crippen molar-refractivity contribution in [1.82, 2.24) is 0 Å². The zero-order valence-corrected chi connectivity index (χ0v) is 11.5. The van der Waals surface area contributed by atoms with Crippen molar-refractivity contribution in [2.75, 3.05) is 12.4 Å². The van der Waals surface area contributed by atoms with Crippen LogP contribution in [-0.2, 0) is 9.53 Å². The van der Waals surface area contributed by atoms with E-state index in [9.17, 15) is 20.0 Å². The Hall–Kier alpha value is -1.60. The van der Waals surface area contributed by atoms with E-state index in [2.05, 4.69) is 0 Å². The van der Waals surface area contributed by atoms with E-state index in [4.69, 9.17) is 4.74 Å². The summed E-state index contributed by atoms with van der Waals surface area (Å²) in [5.41, 5.74) is 0.347. The molecule has 0 aliphatic heterocycles. The van der Waals surface area contributed by atoms with Gasteiger partial charge in [0.05, 0.1) is 28.3 Å². The molecule has 1 rings (SSSR count). The van der Waals surface area contributed by atoms with Gasteiger partial charge >= 0.3 is 5.97 Å². The smallest absolute Gasteiger partial charge is 0.316 e. The SMILES string of the molecule is CCOC(=O)CSc1ccc([C@H](C)O)cc1[N+](=O)[O-]. The summed E-state index contributed by atoms with van der Waals surface area (Å²) in [6, 6.07) is 4.45. The Bertz CT molecular complexity index is 475. The summed E-state index contributed by atoms with van der Waals surface area (Å²) >= 11 is 1.05. The maximum absolute atomic E-state index is 11.2. The van der Waals surface area contributed by atoms with Gasteiger partial charge in [-0.25, -0.2) is 0 Å². The van der Waals surface area contributed by atoms with Crippen LogP contribution in [0.4, 0.5) is 5.69 Å². The highest BCUT2D eigenvalue weighted by molar-refractivity contribution is 8.00. The fourth-order valence-electron chi connectivity index (χ4n) is 1.40. The van der Waals surface area contributed by atoms with Crippen LogP contribution < -0.4 is 0 Å². The highest BCUT2D eigenvalue weighted by atomic mass is 32.2. The molecular formula is C12H15NO5S. The molecule has 0 aromatic heterocycles. The second kappa shape index (κ2) is 7.10. The van der Waals surface area contributed by atoms with E-state index >= 15 is 0 Å². The van der Waals surface area contributed by atoms with Gasteiger partial charge in [-0.1, -0.05) is 6.07 Å². The van der Waals surface area contributed by atoms with Crippen LogP contribution in [0.15, 0.2) is 23.1 Å². The van der Waals surface area contributed by atoms with Gasteiger partial charge in [-0.3, -0.25) is 14.9 Å². The first-order chi connectivity index (χ1) is 8.95. The minimum atomic E-state index is -0.775. The largest absolute Gasteiger partial charge is 0.465 e. The average Bonchev–Trinajstić information content (AvgIpc) is 2.36. The standard InChI is InChI=1S/C12H15NO5S/c1-3-18-12(15)7-19-11-5-4-9(8(2)14)6-10(11)13(16)17/h4-6,8,14H,3,7H2,1-2H3/t8-/m0/s1. The number of thioether (sulfide) groups is 1. The summed E-state index contributed by atoms with van der Waals surface area (Å²) in [6.45, 7) is 3.51. The number of aliphatic hydroxyl groups is 1. The first kappa shape index (κ1) is 15.5. The first-order valence-corrected chi connectivity index (χ1v) is 6.69. The summed E-state index contributed by atoms with van der Waals surface area (Å²) in [7, 11) is 0. The Morgan fingerprint density at radius 2 is 2.26 bits per heavy atom. The fraction of sp³-hybridized carbons (Fsp3) is 0.417. The Morgan fingerprint density at radius 3 is 2.79 bits per heavy atom. The number of esters is 1. The quantitative estimate of drug-likeness (QED) is 0.373. The molecule has 0 saturated heterocycles. The van der Waals surface area contributed by atoms with E-state index in [-0.39, 0.29) is 18.0 Å². The second-order valence-electron chi connectivity index (χ2n) is 3.75. The summed E-state index contributed by atoms with van der Waals surface area (Å²) in [4.78, 5) is 22.0. The zero-order chi connectivity index (χ0) is 14.4. The molecule has 104 valence electrons. The van der Waals surface area contributed by atoms with Crippen LogP contribution in [0.25, 0.3) is 0 Å². The van der Waals surface area contributed by atoms with E-state index in [0.29, 0.717) is 10.5 Å². The molecule has 1 aromatic carbocycles. The third-order valence-electron chi connectivity index (χ3n) is 2.31. The molecule has 0 heterocycles. The van der Waals surface area contributed by atoms with Gasteiger partial charge in [-0.05, 0) is 25.5 Å². The van der Waals surface area contributed by atoms with E-state index in [1.54, 1.807) is 13.0 Å². The summed E-state index contributed by atoms with van der Waals surface area (Å²) in [5.74, 6) is -0.399. The van der Waals surface area contributed by atoms with E-state index in [0.717, 1.165) is 11.8 Å². The molecule has 19 heavy (non-hydrogen) atoms. The van der Waals surface area contributed by atoms with Gasteiger partial charge in [-0.2, -0.15) is 0 Å². The fourth-order valence-corrected chi connectivity index (χ4v) is 2.20. The predicted molar refractivity (Wildman–Crippen MR) is 71.1 cm³/mol. The van der Waals surface area contributed by atoms with Crippen LogP contribution in [0, 0.1) is 10.1 Å². The second-order valence-corrected chi connectivity index (χ2v) is 4.77. The maximum atomic E-state index is 11.2. The van der Waals surface area contributed by atoms with Crippen LogP contribution in [0.2, 0.25) is 0 Å². The van der Waals surface area contributed by atoms with Crippen LogP contribution >= 0.6 is 11.8 Å². The molecule has 0 unspecified atom stereocenters. The van der Waals surface area contributed by atoms with E-state index in [1.165, 1.54) is 19.1 Å². The third-order valence-corrected chi connectivity index (χ3v) is 3.35. The lowest BCUT2D eigenvalue weighted by Gasteiger charge is -2.07. The van der Waals surface area contributed by atoms with Crippen LogP contribution in [-0.4, -0.2) is 28.4 Å². The number of nitro groups is 1. The zero-order valence-electron chi connectivity index (χ0n) is 10.7. The number of nitrogens with zero attached hydrogens (tertiary/aromatic N) is 1. The molecule has 0 fully saturated rings. The van der Waals surface area contributed by atoms with Gasteiger partial charge in [-0.15, -0.1) is 11.8 Å². The lowest BCUT2D eigenvalue weighted by Crippen LogP contribution is -2.07. The lowest BCUT2D eigenvalue weighted by molar-refractivity contribution is -0.387. The van der Waals surface area contributed by atoms with Crippen molar-refractivity contribution in [1.29, 1.82) is 0 Å². The molecule has 1 N–H and O–H groups in total. The number of rotatable bonds is 6. The molecular weight excluding hydrogens is 270 g/mol. The van der Waals surface area contributed by atoms with Gasteiger partial charge < -0.3 is 9.84 Å². The predicted octanol–water partition coefficient (Wildman–Crippen LogP) is 2.30. The summed E-state index contributed by atoms with van der Waals surface area (Å²) in [5, 5.41) is 20.4. The Morgan fingerprint density at radius 1 is 1.58 bits per heavy atom. The van der Waals surface area contributed by atoms with Crippen molar-refractivity contribution in [3.63, 3.8) is 0 Å². The molecule has 0 saturated carbocycles. The van der Waals surface area contributed by atoms with Gasteiger partial charge in [0, 0.05) is 6.07 Å². The minimum absolute atomic E-state index is 0.0166. The summed E-state index contributed by atoms with van der Waals surface area (Å²) < 4.78 is 4.76. The molecule has 6 nitrogen and oxygen atoms in total. The number of hydrogen-bond donors (Lipinski definition) is 1. The van der Waals surface area contributed by atoms with Gasteiger partial charge in [0.2, 0.25) is 0 Å². The Labute approximate surface area is 114 Å². The number of ether oxygens (including phenoxy) is 1. The van der Waals surface area contributed by atoms with Crippen molar-refractivity contribution in [3.8, 4) is 0 Å². The normalized spacial score (nSPS) is 11.9. The molecule has 0 aliphatic carbocycles. The number of aliphatic hydroxyl groups excluding tert-OH is 1. The number of benzene rings is 1. The molecule has 0 bridgehead atoms. The van der Waals surface area contributed by atoms with Gasteiger partial charge in [0.15, 0.2) is 0 Å². The third kappa shape index (κ3) is 4.53. The number of nitro benzene ring substituents is 1. The van der Waals surface area contributed by atoms with E-state index < -0.39 is 17.0 Å². The monoisotopic (exact) mass is 285 g/mol. The summed E-state index contributed by atoms with van der Waals surface area (Å²) in [6.07, 6.45) is -0.775. The van der Waals surface area contributed by atoms with Crippen molar-refractivity contribution in [2.24, 2.45) is 0 Å². The molecule has 0 amide bonds. The molecule has 0 spiro atoms. The van der Waals surface area contributed by atoms with Crippen molar-refractivity contribution in [3.05, 3.63) is 33.9 Å². The van der Waals surface area contributed by atoms with Gasteiger partial charge in [0.25, 0.3) is 5.69 Å². The Balaban J connectivity index is 2.88. The number of carbonyl (C=O) groups excluding carboxylic acids is 1. The van der Waals surface area contributed by atoms with Crippen molar-refractivity contribution >= 4 is 23.4 Å². The van der Waals surface area contributed by atoms with Gasteiger partial charge in [0.1, 0.15) is 0 Å². The molecule has 1 atom stereocenters. The highest BCUT2D eigenvalue weighted by Gasteiger charge is 2.17. The topological polar surface area (TPSA) is 89.7 Å².